The van der Waals surface area contributed by atoms with Gasteiger partial charge in [-0.25, -0.2) is 13.1 Å². The fourth-order valence-corrected chi connectivity index (χ4v) is 7.18. The van der Waals surface area contributed by atoms with Gasteiger partial charge in [0.25, 0.3) is 5.91 Å². The molecule has 4 bridgehead atoms. The molecule has 0 aromatic heterocycles. The van der Waals surface area contributed by atoms with E-state index in [9.17, 15) is 13.2 Å². The molecule has 1 atom stereocenters. The van der Waals surface area contributed by atoms with Crippen molar-refractivity contribution in [3.63, 3.8) is 0 Å². The number of nitrogens with one attached hydrogen (secondary N) is 2. The van der Waals surface area contributed by atoms with Gasteiger partial charge in [0.05, 0.1) is 4.90 Å². The Balaban J connectivity index is 1.43. The van der Waals surface area contributed by atoms with Crippen molar-refractivity contribution < 1.29 is 13.2 Å². The lowest BCUT2D eigenvalue weighted by Gasteiger charge is -2.59. The molecular weight excluding hydrogens is 372 g/mol. The standard InChI is InChI=1S/C22H30N2O3S/c1-3-8-23-28(26,27)20-6-4-19(5-7-20)21(25)24-15(2)22-12-16-9-17(13-22)11-18(10-16)14-22/h3-7,15-18,23H,1,8-14H2,2H3,(H,24,25). The lowest BCUT2D eigenvalue weighted by atomic mass is 9.48. The van der Waals surface area contributed by atoms with Gasteiger partial charge >= 0.3 is 0 Å². The third-order valence-corrected chi connectivity index (χ3v) is 8.64. The molecule has 4 fully saturated rings. The van der Waals surface area contributed by atoms with Gasteiger partial charge in [-0.05, 0) is 92.9 Å². The first-order valence-corrected chi connectivity index (χ1v) is 11.8. The highest BCUT2D eigenvalue weighted by atomic mass is 32.2. The summed E-state index contributed by atoms with van der Waals surface area (Å²) in [6.45, 7) is 5.84. The van der Waals surface area contributed by atoms with Crippen LogP contribution >= 0.6 is 0 Å². The van der Waals surface area contributed by atoms with Crippen LogP contribution in [0.5, 0.6) is 0 Å². The molecule has 0 heterocycles. The first-order valence-electron chi connectivity index (χ1n) is 10.3. The number of amides is 1. The zero-order valence-electron chi connectivity index (χ0n) is 16.5. The summed E-state index contributed by atoms with van der Waals surface area (Å²) in [7, 11) is -3.57. The maximum Gasteiger partial charge on any atom is 0.251 e. The number of hydrogen-bond acceptors (Lipinski definition) is 3. The number of hydrogen-bond donors (Lipinski definition) is 2. The van der Waals surface area contributed by atoms with Crippen molar-refractivity contribution in [2.24, 2.45) is 23.2 Å². The molecular formula is C22H30N2O3S. The van der Waals surface area contributed by atoms with Gasteiger partial charge in [0.15, 0.2) is 0 Å². The van der Waals surface area contributed by atoms with E-state index in [2.05, 4.69) is 23.5 Å². The van der Waals surface area contributed by atoms with Crippen LogP contribution in [0.4, 0.5) is 0 Å². The van der Waals surface area contributed by atoms with Gasteiger partial charge in [-0.1, -0.05) is 6.08 Å². The normalized spacial score (nSPS) is 32.1. The van der Waals surface area contributed by atoms with Gasteiger partial charge < -0.3 is 5.32 Å². The molecule has 4 saturated carbocycles. The van der Waals surface area contributed by atoms with Crippen molar-refractivity contribution in [1.29, 1.82) is 0 Å². The molecule has 2 N–H and O–H groups in total. The maximum atomic E-state index is 12.8. The van der Waals surface area contributed by atoms with Crippen molar-refractivity contribution >= 4 is 15.9 Å². The monoisotopic (exact) mass is 402 g/mol. The molecule has 0 spiro atoms. The van der Waals surface area contributed by atoms with Crippen LogP contribution in [0.1, 0.15) is 55.8 Å². The zero-order valence-corrected chi connectivity index (χ0v) is 17.3. The van der Waals surface area contributed by atoms with Gasteiger partial charge in [-0.15, -0.1) is 6.58 Å². The molecule has 5 nitrogen and oxygen atoms in total. The Morgan fingerprint density at radius 1 is 1.14 bits per heavy atom. The van der Waals surface area contributed by atoms with Crippen LogP contribution in [0.15, 0.2) is 41.8 Å². The van der Waals surface area contributed by atoms with Crippen LogP contribution < -0.4 is 10.0 Å². The molecule has 0 aliphatic heterocycles. The van der Waals surface area contributed by atoms with Crippen molar-refractivity contribution in [2.45, 2.75) is 56.4 Å². The maximum absolute atomic E-state index is 12.8. The van der Waals surface area contributed by atoms with E-state index < -0.39 is 10.0 Å². The summed E-state index contributed by atoms with van der Waals surface area (Å²) in [6.07, 6.45) is 9.37. The minimum atomic E-state index is -3.57. The minimum absolute atomic E-state index is 0.119. The topological polar surface area (TPSA) is 75.3 Å². The lowest BCUT2D eigenvalue weighted by molar-refractivity contribution is -0.0688. The van der Waals surface area contributed by atoms with Gasteiger partial charge in [0.2, 0.25) is 10.0 Å². The number of sulfonamides is 1. The van der Waals surface area contributed by atoms with Crippen LogP contribution in [0.2, 0.25) is 0 Å². The summed E-state index contributed by atoms with van der Waals surface area (Å²) in [5, 5.41) is 3.23. The van der Waals surface area contributed by atoms with Crippen molar-refractivity contribution in [2.75, 3.05) is 6.54 Å². The third-order valence-electron chi connectivity index (χ3n) is 7.20. The fourth-order valence-electron chi connectivity index (χ4n) is 6.18. The van der Waals surface area contributed by atoms with Crippen LogP contribution in [0, 0.1) is 23.2 Å². The first-order chi connectivity index (χ1) is 13.3. The average molecular weight is 403 g/mol. The van der Waals surface area contributed by atoms with Crippen LogP contribution in [0.3, 0.4) is 0 Å². The molecule has 4 aliphatic carbocycles. The summed E-state index contributed by atoms with van der Waals surface area (Å²) < 4.78 is 26.7. The highest BCUT2D eigenvalue weighted by Gasteiger charge is 2.53. The Labute approximate surface area is 168 Å². The molecule has 5 rings (SSSR count). The molecule has 6 heteroatoms. The summed E-state index contributed by atoms with van der Waals surface area (Å²) in [5.41, 5.74) is 0.752. The second kappa shape index (κ2) is 7.30. The number of carbonyl (C=O) groups excluding carboxylic acids is 1. The number of benzene rings is 1. The van der Waals surface area contributed by atoms with Gasteiger partial charge in [-0.2, -0.15) is 0 Å². The summed E-state index contributed by atoms with van der Waals surface area (Å²) in [5.74, 6) is 2.42. The summed E-state index contributed by atoms with van der Waals surface area (Å²) in [6, 6.07) is 6.28. The molecule has 1 aromatic rings. The van der Waals surface area contributed by atoms with Crippen LogP contribution in [-0.4, -0.2) is 26.9 Å². The zero-order chi connectivity index (χ0) is 19.9. The van der Waals surface area contributed by atoms with E-state index in [1.165, 1.54) is 56.7 Å². The van der Waals surface area contributed by atoms with Crippen molar-refractivity contribution in [3.8, 4) is 0 Å². The van der Waals surface area contributed by atoms with E-state index in [0.717, 1.165) is 17.8 Å². The molecule has 28 heavy (non-hydrogen) atoms. The Kier molecular flexibility index (Phi) is 5.12. The lowest BCUT2D eigenvalue weighted by Crippen LogP contribution is -2.55. The van der Waals surface area contributed by atoms with E-state index in [1.807, 2.05) is 0 Å². The number of rotatable bonds is 7. The Morgan fingerprint density at radius 2 is 1.68 bits per heavy atom. The SMILES string of the molecule is C=CCNS(=O)(=O)c1ccc(C(=O)NC(C)C23CC4CC(CC(C4)C2)C3)cc1. The molecule has 0 radical (unpaired) electrons. The van der Waals surface area contributed by atoms with Crippen LogP contribution in [-0.2, 0) is 10.0 Å². The van der Waals surface area contributed by atoms with E-state index >= 15 is 0 Å². The molecule has 1 amide bonds. The second-order valence-electron chi connectivity index (χ2n) is 9.14. The summed E-state index contributed by atoms with van der Waals surface area (Å²) >= 11 is 0. The van der Waals surface area contributed by atoms with Gasteiger partial charge in [0, 0.05) is 18.2 Å². The van der Waals surface area contributed by atoms with Gasteiger partial charge in [0.1, 0.15) is 0 Å². The van der Waals surface area contributed by atoms with E-state index in [0.29, 0.717) is 5.56 Å². The Bertz CT molecular complexity index is 825. The largest absolute Gasteiger partial charge is 0.349 e. The fraction of sp³-hybridized carbons (Fsp3) is 0.591. The van der Waals surface area contributed by atoms with E-state index in [1.54, 1.807) is 12.1 Å². The number of carbonyl (C=O) groups is 1. The van der Waals surface area contributed by atoms with E-state index in [4.69, 9.17) is 0 Å². The molecule has 1 aromatic carbocycles. The van der Waals surface area contributed by atoms with Gasteiger partial charge in [-0.3, -0.25) is 4.79 Å². The second-order valence-corrected chi connectivity index (χ2v) is 10.9. The minimum Gasteiger partial charge on any atom is -0.349 e. The molecule has 0 saturated heterocycles. The Hall–Kier alpha value is -1.66. The predicted molar refractivity (Wildman–Crippen MR) is 109 cm³/mol. The smallest absolute Gasteiger partial charge is 0.251 e. The molecule has 152 valence electrons. The van der Waals surface area contributed by atoms with Crippen LogP contribution in [0.25, 0.3) is 0 Å². The van der Waals surface area contributed by atoms with Crippen molar-refractivity contribution in [3.05, 3.63) is 42.5 Å². The van der Waals surface area contributed by atoms with Crippen molar-refractivity contribution in [1.82, 2.24) is 10.0 Å². The highest BCUT2D eigenvalue weighted by Crippen LogP contribution is 2.61. The molecule has 4 aliphatic rings. The quantitative estimate of drug-likeness (QED) is 0.686. The highest BCUT2D eigenvalue weighted by molar-refractivity contribution is 7.89. The predicted octanol–water partition coefficient (Wildman–Crippen LogP) is 3.49. The average Bonchev–Trinajstić information content (AvgIpc) is 2.65. The Morgan fingerprint density at radius 3 is 2.18 bits per heavy atom. The third kappa shape index (κ3) is 3.64. The first kappa shape index (κ1) is 19.6. The molecule has 1 unspecified atom stereocenters. The summed E-state index contributed by atoms with van der Waals surface area (Å²) in [4.78, 5) is 12.9. The van der Waals surface area contributed by atoms with E-state index in [-0.39, 0.29) is 28.8 Å².